The Balaban J connectivity index is 1.88. The molecule has 4 rings (SSSR count). The van der Waals surface area contributed by atoms with Crippen molar-refractivity contribution in [3.05, 3.63) is 58.1 Å². The second-order valence-corrected chi connectivity index (χ2v) is 8.28. The van der Waals surface area contributed by atoms with Crippen molar-refractivity contribution in [3.63, 3.8) is 0 Å². The molecule has 27 heavy (non-hydrogen) atoms. The van der Waals surface area contributed by atoms with Gasteiger partial charge in [0.15, 0.2) is 0 Å². The van der Waals surface area contributed by atoms with Crippen molar-refractivity contribution in [2.24, 2.45) is 0 Å². The number of benzene rings is 2. The van der Waals surface area contributed by atoms with Gasteiger partial charge in [-0.2, -0.15) is 13.2 Å². The van der Waals surface area contributed by atoms with Crippen molar-refractivity contribution in [1.82, 2.24) is 9.80 Å². The Kier molecular flexibility index (Phi) is 4.91. The van der Waals surface area contributed by atoms with E-state index in [-0.39, 0.29) is 5.02 Å². The molecular formula is C20H18ClF3N2S. The largest absolute Gasteiger partial charge is 0.417 e. The van der Waals surface area contributed by atoms with Crippen LogP contribution in [-0.4, -0.2) is 43.0 Å². The zero-order valence-electron chi connectivity index (χ0n) is 14.7. The average Bonchev–Trinajstić information content (AvgIpc) is 2.77. The van der Waals surface area contributed by atoms with E-state index >= 15 is 0 Å². The molecule has 2 nitrogen and oxygen atoms in total. The van der Waals surface area contributed by atoms with E-state index in [0.29, 0.717) is 4.90 Å². The maximum absolute atomic E-state index is 13.4. The fraction of sp³-hybridized carbons (Fsp3) is 0.300. The molecule has 0 atom stereocenters. The van der Waals surface area contributed by atoms with Crippen molar-refractivity contribution in [1.29, 1.82) is 0 Å². The molecule has 0 N–H and O–H groups in total. The van der Waals surface area contributed by atoms with Gasteiger partial charge in [-0.15, -0.1) is 0 Å². The molecule has 1 fully saturated rings. The van der Waals surface area contributed by atoms with E-state index in [4.69, 9.17) is 11.6 Å². The summed E-state index contributed by atoms with van der Waals surface area (Å²) in [5, 5.41) is -0.257. The van der Waals surface area contributed by atoms with Gasteiger partial charge in [0.1, 0.15) is 0 Å². The molecule has 0 aromatic heterocycles. The van der Waals surface area contributed by atoms with Crippen LogP contribution in [0.15, 0.2) is 46.2 Å². The molecule has 7 heteroatoms. The van der Waals surface area contributed by atoms with Crippen molar-refractivity contribution >= 4 is 35.1 Å². The average molecular weight is 411 g/mol. The van der Waals surface area contributed by atoms with Crippen molar-refractivity contribution in [2.75, 3.05) is 33.2 Å². The fourth-order valence-corrected chi connectivity index (χ4v) is 4.75. The zero-order valence-corrected chi connectivity index (χ0v) is 16.3. The number of fused-ring (bicyclic) bond motifs is 2. The first-order valence-electron chi connectivity index (χ1n) is 8.66. The molecule has 2 aromatic carbocycles. The van der Waals surface area contributed by atoms with Crippen LogP contribution in [0, 0.1) is 0 Å². The van der Waals surface area contributed by atoms with Crippen LogP contribution in [0.1, 0.15) is 16.7 Å². The van der Waals surface area contributed by atoms with Crippen LogP contribution in [-0.2, 0) is 6.18 Å². The number of hydrogen-bond donors (Lipinski definition) is 0. The van der Waals surface area contributed by atoms with Gasteiger partial charge in [0, 0.05) is 47.2 Å². The molecule has 142 valence electrons. The van der Waals surface area contributed by atoms with Crippen LogP contribution in [0.4, 0.5) is 13.2 Å². The van der Waals surface area contributed by atoms with Gasteiger partial charge in [-0.1, -0.05) is 41.6 Å². The first kappa shape index (κ1) is 18.7. The number of alkyl halides is 3. The first-order valence-corrected chi connectivity index (χ1v) is 9.85. The SMILES string of the molecule is CN1CCN(C2=Cc3ccccc3Sc3cc(C(F)(F)F)c(Cl)cc32)CC1. The Hall–Kier alpha value is -1.63. The Morgan fingerprint density at radius 1 is 1.00 bits per heavy atom. The van der Waals surface area contributed by atoms with E-state index in [1.54, 1.807) is 0 Å². The molecule has 2 aliphatic heterocycles. The normalized spacial score (nSPS) is 17.8. The molecule has 2 heterocycles. The minimum atomic E-state index is -4.48. The maximum atomic E-state index is 13.4. The summed E-state index contributed by atoms with van der Waals surface area (Å²) >= 11 is 7.42. The van der Waals surface area contributed by atoms with Crippen molar-refractivity contribution in [2.45, 2.75) is 16.0 Å². The highest BCUT2D eigenvalue weighted by atomic mass is 35.5. The van der Waals surface area contributed by atoms with E-state index in [2.05, 4.69) is 22.9 Å². The highest BCUT2D eigenvalue weighted by Crippen LogP contribution is 2.46. The van der Waals surface area contributed by atoms with Crippen LogP contribution in [0.5, 0.6) is 0 Å². The fourth-order valence-electron chi connectivity index (χ4n) is 3.40. The third-order valence-electron chi connectivity index (χ3n) is 4.93. The minimum Gasteiger partial charge on any atom is -0.368 e. The van der Waals surface area contributed by atoms with Crippen LogP contribution >= 0.6 is 23.4 Å². The molecule has 0 saturated carbocycles. The molecule has 0 aliphatic carbocycles. The van der Waals surface area contributed by atoms with E-state index in [9.17, 15) is 13.2 Å². The molecule has 0 amide bonds. The lowest BCUT2D eigenvalue weighted by atomic mass is 10.0. The minimum absolute atomic E-state index is 0.257. The van der Waals surface area contributed by atoms with Crippen LogP contribution in [0.25, 0.3) is 11.8 Å². The van der Waals surface area contributed by atoms with Crippen LogP contribution in [0.2, 0.25) is 5.02 Å². The number of rotatable bonds is 1. The van der Waals surface area contributed by atoms with E-state index in [1.807, 2.05) is 24.3 Å². The first-order chi connectivity index (χ1) is 12.8. The van der Waals surface area contributed by atoms with Gasteiger partial charge in [-0.05, 0) is 36.9 Å². The summed E-state index contributed by atoms with van der Waals surface area (Å²) in [4.78, 5) is 6.02. The Bertz CT molecular complexity index is 903. The summed E-state index contributed by atoms with van der Waals surface area (Å²) in [6.07, 6.45) is -2.40. The van der Waals surface area contributed by atoms with Crippen LogP contribution < -0.4 is 0 Å². The summed E-state index contributed by atoms with van der Waals surface area (Å²) in [5.41, 5.74) is 1.93. The lowest BCUT2D eigenvalue weighted by Crippen LogP contribution is -2.43. The Morgan fingerprint density at radius 3 is 2.41 bits per heavy atom. The van der Waals surface area contributed by atoms with Crippen molar-refractivity contribution < 1.29 is 13.2 Å². The molecule has 0 bridgehead atoms. The highest BCUT2D eigenvalue weighted by Gasteiger charge is 2.35. The Labute approximate surface area is 165 Å². The van der Waals surface area contributed by atoms with E-state index < -0.39 is 11.7 Å². The molecule has 1 saturated heterocycles. The third kappa shape index (κ3) is 3.71. The molecule has 2 aliphatic rings. The van der Waals surface area contributed by atoms with Gasteiger partial charge in [0.05, 0.1) is 10.6 Å². The second-order valence-electron chi connectivity index (χ2n) is 6.79. The number of likely N-dealkylation sites (N-methyl/N-ethyl adjacent to an activating group) is 1. The van der Waals surface area contributed by atoms with E-state index in [0.717, 1.165) is 47.9 Å². The number of nitrogens with zero attached hydrogens (tertiary/aromatic N) is 2. The van der Waals surface area contributed by atoms with Gasteiger partial charge in [0.2, 0.25) is 0 Å². The lowest BCUT2D eigenvalue weighted by Gasteiger charge is -2.36. The van der Waals surface area contributed by atoms with Crippen LogP contribution in [0.3, 0.4) is 0 Å². The molecule has 0 unspecified atom stereocenters. The predicted octanol–water partition coefficient (Wildman–Crippen LogP) is 5.57. The predicted molar refractivity (Wildman–Crippen MR) is 104 cm³/mol. The number of hydrogen-bond acceptors (Lipinski definition) is 3. The lowest BCUT2D eigenvalue weighted by molar-refractivity contribution is -0.137. The molecule has 2 aromatic rings. The van der Waals surface area contributed by atoms with Gasteiger partial charge in [-0.25, -0.2) is 0 Å². The van der Waals surface area contributed by atoms with Gasteiger partial charge >= 0.3 is 6.18 Å². The summed E-state index contributed by atoms with van der Waals surface area (Å²) in [6, 6.07) is 10.4. The molecule has 0 radical (unpaired) electrons. The maximum Gasteiger partial charge on any atom is 0.417 e. The standard InChI is InChI=1S/C20H18ClF3N2S/c1-25-6-8-26(9-7-25)17-10-13-4-2-3-5-18(13)27-19-12-15(20(22,23)24)16(21)11-14(17)19/h2-5,10-12H,6-9H2,1H3. The smallest absolute Gasteiger partial charge is 0.368 e. The Morgan fingerprint density at radius 2 is 1.70 bits per heavy atom. The third-order valence-corrected chi connectivity index (χ3v) is 6.39. The zero-order chi connectivity index (χ0) is 19.2. The summed E-state index contributed by atoms with van der Waals surface area (Å²) in [5.74, 6) is 0. The van der Waals surface area contributed by atoms with Gasteiger partial charge < -0.3 is 9.80 Å². The van der Waals surface area contributed by atoms with Crippen molar-refractivity contribution in [3.8, 4) is 0 Å². The topological polar surface area (TPSA) is 6.48 Å². The highest BCUT2D eigenvalue weighted by molar-refractivity contribution is 7.99. The molecule has 0 spiro atoms. The summed E-state index contributed by atoms with van der Waals surface area (Å²) in [7, 11) is 2.07. The van der Waals surface area contributed by atoms with E-state index in [1.165, 1.54) is 23.9 Å². The molecular weight excluding hydrogens is 393 g/mol. The summed E-state index contributed by atoms with van der Waals surface area (Å²) < 4.78 is 40.2. The monoisotopic (exact) mass is 410 g/mol. The number of halogens is 4. The van der Waals surface area contributed by atoms with Gasteiger partial charge in [0.25, 0.3) is 0 Å². The van der Waals surface area contributed by atoms with Gasteiger partial charge in [-0.3, -0.25) is 0 Å². The second kappa shape index (κ2) is 7.08. The summed E-state index contributed by atoms with van der Waals surface area (Å²) in [6.45, 7) is 3.48. The number of piperazine rings is 1. The quantitative estimate of drug-likeness (QED) is 0.607.